The van der Waals surface area contributed by atoms with E-state index in [0.29, 0.717) is 6.42 Å². The smallest absolute Gasteiger partial charge is 0.245 e. The van der Waals surface area contributed by atoms with Crippen LogP contribution in [0, 0.1) is 5.82 Å². The molecule has 1 aromatic carbocycles. The zero-order valence-corrected chi connectivity index (χ0v) is 12.3. The van der Waals surface area contributed by atoms with Gasteiger partial charge in [0, 0.05) is 6.54 Å². The molecule has 0 aromatic heterocycles. The number of halogens is 2. The maximum Gasteiger partial charge on any atom is 0.245 e. The molecule has 0 radical (unpaired) electrons. The van der Waals surface area contributed by atoms with Crippen molar-refractivity contribution in [3.63, 3.8) is 0 Å². The highest BCUT2D eigenvalue weighted by Crippen LogP contribution is 2.25. The lowest BCUT2D eigenvalue weighted by Crippen LogP contribution is -2.39. The summed E-state index contributed by atoms with van der Waals surface area (Å²) in [6.07, 6.45) is 0.505. The van der Waals surface area contributed by atoms with E-state index in [0.717, 1.165) is 22.5 Å². The Morgan fingerprint density at radius 1 is 1.55 bits per heavy atom. The first-order valence-corrected chi connectivity index (χ1v) is 7.56. The molecule has 0 aliphatic carbocycles. The van der Waals surface area contributed by atoms with Crippen LogP contribution < -0.4 is 5.73 Å². The van der Waals surface area contributed by atoms with Crippen LogP contribution in [0.4, 0.5) is 4.39 Å². The van der Waals surface area contributed by atoms with Gasteiger partial charge in [-0.1, -0.05) is 23.7 Å². The summed E-state index contributed by atoms with van der Waals surface area (Å²) < 4.78 is 39.1. The Labute approximate surface area is 121 Å². The van der Waals surface area contributed by atoms with Crippen LogP contribution >= 0.6 is 11.6 Å². The van der Waals surface area contributed by atoms with E-state index in [-0.39, 0.29) is 28.8 Å². The monoisotopic (exact) mass is 323 g/mol. The largest absolute Gasteiger partial charge is 0.409 e. The van der Waals surface area contributed by atoms with Crippen LogP contribution in [-0.2, 0) is 10.0 Å². The van der Waals surface area contributed by atoms with Crippen LogP contribution in [0.5, 0.6) is 0 Å². The van der Waals surface area contributed by atoms with Crippen molar-refractivity contribution in [3.8, 4) is 0 Å². The van der Waals surface area contributed by atoms with Crippen molar-refractivity contribution in [1.29, 1.82) is 0 Å². The van der Waals surface area contributed by atoms with Crippen LogP contribution in [-0.4, -0.2) is 36.9 Å². The van der Waals surface area contributed by atoms with Crippen LogP contribution in [0.3, 0.4) is 0 Å². The Bertz CT molecular complexity index is 607. The maximum atomic E-state index is 13.2. The van der Waals surface area contributed by atoms with Crippen molar-refractivity contribution in [2.75, 3.05) is 13.1 Å². The van der Waals surface area contributed by atoms with Gasteiger partial charge in [-0.15, -0.1) is 0 Å². The van der Waals surface area contributed by atoms with Crippen molar-refractivity contribution in [3.05, 3.63) is 29.0 Å². The van der Waals surface area contributed by atoms with E-state index >= 15 is 0 Å². The van der Waals surface area contributed by atoms with Crippen LogP contribution in [0.15, 0.2) is 28.3 Å². The minimum absolute atomic E-state index is 0.0907. The lowest BCUT2D eigenvalue weighted by molar-refractivity contribution is 0.314. The lowest BCUT2D eigenvalue weighted by atomic mass is 10.3. The molecule has 20 heavy (non-hydrogen) atoms. The van der Waals surface area contributed by atoms with E-state index in [1.165, 1.54) is 0 Å². The Hall–Kier alpha value is -1.38. The van der Waals surface area contributed by atoms with Crippen LogP contribution in [0.25, 0.3) is 0 Å². The normalized spacial score (nSPS) is 12.9. The molecule has 0 atom stereocenters. The van der Waals surface area contributed by atoms with Gasteiger partial charge in [-0.05, 0) is 24.6 Å². The molecule has 3 N–H and O–H groups in total. The minimum atomic E-state index is -4.03. The van der Waals surface area contributed by atoms with Crippen molar-refractivity contribution in [2.45, 2.75) is 18.2 Å². The Kier molecular flexibility index (Phi) is 5.73. The first kappa shape index (κ1) is 16.7. The van der Waals surface area contributed by atoms with Gasteiger partial charge in [0.15, 0.2) is 5.84 Å². The summed E-state index contributed by atoms with van der Waals surface area (Å²) in [6.45, 7) is 1.59. The Morgan fingerprint density at radius 3 is 2.75 bits per heavy atom. The second-order valence-corrected chi connectivity index (χ2v) is 6.32. The number of oxime groups is 1. The zero-order valence-electron chi connectivity index (χ0n) is 10.8. The van der Waals surface area contributed by atoms with Crippen LogP contribution in [0.2, 0.25) is 5.02 Å². The SMILES string of the molecule is CCCN(C/C(N)=N/O)S(=O)(=O)c1cc(F)ccc1Cl. The summed E-state index contributed by atoms with van der Waals surface area (Å²) in [6, 6.07) is 3.07. The van der Waals surface area contributed by atoms with Gasteiger partial charge in [0.05, 0.1) is 11.6 Å². The summed E-state index contributed by atoms with van der Waals surface area (Å²) in [5.74, 6) is -0.984. The van der Waals surface area contributed by atoms with E-state index < -0.39 is 15.8 Å². The molecule has 1 rings (SSSR count). The quantitative estimate of drug-likeness (QED) is 0.360. The number of rotatable bonds is 6. The fourth-order valence-electron chi connectivity index (χ4n) is 1.56. The predicted molar refractivity (Wildman–Crippen MR) is 73.9 cm³/mol. The summed E-state index contributed by atoms with van der Waals surface area (Å²) in [4.78, 5) is -0.349. The molecule has 0 fully saturated rings. The maximum absolute atomic E-state index is 13.2. The van der Waals surface area contributed by atoms with Gasteiger partial charge in [0.2, 0.25) is 10.0 Å². The van der Waals surface area contributed by atoms with Gasteiger partial charge in [0.25, 0.3) is 0 Å². The third-order valence-electron chi connectivity index (χ3n) is 2.45. The molecule has 0 aliphatic rings. The number of amidine groups is 1. The minimum Gasteiger partial charge on any atom is -0.409 e. The molecule has 0 unspecified atom stereocenters. The summed E-state index contributed by atoms with van der Waals surface area (Å²) >= 11 is 5.81. The van der Waals surface area contributed by atoms with Crippen molar-refractivity contribution in [2.24, 2.45) is 10.9 Å². The molecule has 1 aromatic rings. The summed E-state index contributed by atoms with van der Waals surface area (Å²) in [7, 11) is -4.03. The topological polar surface area (TPSA) is 96.0 Å². The zero-order chi connectivity index (χ0) is 15.3. The number of sulfonamides is 1. The number of nitrogens with zero attached hydrogens (tertiary/aromatic N) is 2. The molecule has 0 saturated carbocycles. The Morgan fingerprint density at radius 2 is 2.20 bits per heavy atom. The first-order chi connectivity index (χ1) is 9.32. The van der Waals surface area contributed by atoms with E-state index in [9.17, 15) is 12.8 Å². The highest BCUT2D eigenvalue weighted by molar-refractivity contribution is 7.89. The first-order valence-electron chi connectivity index (χ1n) is 5.74. The van der Waals surface area contributed by atoms with Gasteiger partial charge >= 0.3 is 0 Å². The molecule has 0 aliphatic heterocycles. The molecule has 0 bridgehead atoms. The van der Waals surface area contributed by atoms with Gasteiger partial charge < -0.3 is 10.9 Å². The van der Waals surface area contributed by atoms with Crippen molar-refractivity contribution < 1.29 is 18.0 Å². The van der Waals surface area contributed by atoms with E-state index in [2.05, 4.69) is 5.16 Å². The fourth-order valence-corrected chi connectivity index (χ4v) is 3.55. The molecule has 0 amide bonds. The molecular formula is C11H15ClFN3O3S. The van der Waals surface area contributed by atoms with Gasteiger partial charge in [-0.2, -0.15) is 4.31 Å². The molecule has 6 nitrogen and oxygen atoms in total. The molecular weight excluding hydrogens is 309 g/mol. The van der Waals surface area contributed by atoms with Crippen molar-refractivity contribution >= 4 is 27.5 Å². The van der Waals surface area contributed by atoms with Crippen LogP contribution in [0.1, 0.15) is 13.3 Å². The van der Waals surface area contributed by atoms with E-state index in [1.807, 2.05) is 0 Å². The van der Waals surface area contributed by atoms with Gasteiger partial charge in [-0.3, -0.25) is 0 Å². The van der Waals surface area contributed by atoms with E-state index in [4.69, 9.17) is 22.5 Å². The molecule has 0 heterocycles. The summed E-state index contributed by atoms with van der Waals surface area (Å²) in [5.41, 5.74) is 5.33. The second kappa shape index (κ2) is 6.87. The number of nitrogens with two attached hydrogens (primary N) is 1. The third kappa shape index (κ3) is 3.81. The molecule has 112 valence electrons. The standard InChI is InChI=1S/C11H15ClFN3O3S/c1-2-5-16(7-11(14)15-17)20(18,19)10-6-8(13)3-4-9(10)12/h3-4,6,17H,2,5,7H2,1H3,(H2,14,15). The average molecular weight is 324 g/mol. The van der Waals surface area contributed by atoms with E-state index in [1.54, 1.807) is 6.92 Å². The fraction of sp³-hybridized carbons (Fsp3) is 0.364. The van der Waals surface area contributed by atoms with Gasteiger partial charge in [0.1, 0.15) is 10.7 Å². The highest BCUT2D eigenvalue weighted by Gasteiger charge is 2.27. The summed E-state index contributed by atoms with van der Waals surface area (Å²) in [5, 5.41) is 11.2. The predicted octanol–water partition coefficient (Wildman–Crippen LogP) is 1.63. The average Bonchev–Trinajstić information content (AvgIpc) is 2.40. The van der Waals surface area contributed by atoms with Gasteiger partial charge in [-0.25, -0.2) is 12.8 Å². The molecule has 0 spiro atoms. The van der Waals surface area contributed by atoms with Crippen molar-refractivity contribution in [1.82, 2.24) is 4.31 Å². The third-order valence-corrected chi connectivity index (χ3v) is 4.78. The molecule has 9 heteroatoms. The molecule has 0 saturated heterocycles. The number of benzene rings is 1. The lowest BCUT2D eigenvalue weighted by Gasteiger charge is -2.21. The number of hydrogen-bond donors (Lipinski definition) is 2. The number of hydrogen-bond acceptors (Lipinski definition) is 4. The second-order valence-electron chi connectivity index (χ2n) is 4.00. The highest BCUT2D eigenvalue weighted by atomic mass is 35.5. The Balaban J connectivity index is 3.25.